The molecule has 0 atom stereocenters. The third-order valence-corrected chi connectivity index (χ3v) is 11.0. The Morgan fingerprint density at radius 3 is 0.810 bits per heavy atom. The van der Waals surface area contributed by atoms with Gasteiger partial charge in [-0.25, -0.2) is 0 Å². The van der Waals surface area contributed by atoms with Gasteiger partial charge in [0.05, 0.1) is 36.1 Å². The third kappa shape index (κ3) is 5.00. The second kappa shape index (κ2) is 10.9. The molecule has 0 saturated heterocycles. The molecule has 8 rings (SSSR count). The summed E-state index contributed by atoms with van der Waals surface area (Å²) in [6.45, 7) is 14.5. The van der Waals surface area contributed by atoms with Crippen molar-refractivity contribution in [1.29, 1.82) is 0 Å². The first-order valence-corrected chi connectivity index (χ1v) is 17.4. The predicted octanol–water partition coefficient (Wildman–Crippen LogP) is 10.3. The minimum Gasteiger partial charge on any atom is -0.348 e. The van der Waals surface area contributed by atoms with E-state index in [-0.39, 0.29) is 0 Å². The Balaban J connectivity index is 0.000000137. The van der Waals surface area contributed by atoms with Crippen LogP contribution < -0.4 is 19.6 Å². The monoisotopic (exact) mass is 812 g/mol. The van der Waals surface area contributed by atoms with Gasteiger partial charge in [0.1, 0.15) is 0 Å². The standard InChI is InChI=1S/2C17H16Br2N2/c2*1-10-3-12-7-20-9-21(16(12)14(18)5-10)8-13-4-11(2)6-15(19)17(13)20/h2*3-6H,7-9H2,1-2H3. The van der Waals surface area contributed by atoms with Crippen molar-refractivity contribution in [2.45, 2.75) is 53.9 Å². The molecule has 0 aliphatic carbocycles. The molecule has 4 aliphatic rings. The first-order valence-electron chi connectivity index (χ1n) is 14.2. The van der Waals surface area contributed by atoms with Crippen LogP contribution in [0.2, 0.25) is 0 Å². The Morgan fingerprint density at radius 1 is 0.381 bits per heavy atom. The molecule has 4 aliphatic heterocycles. The lowest BCUT2D eigenvalue weighted by Gasteiger charge is -2.45. The van der Waals surface area contributed by atoms with Crippen molar-refractivity contribution >= 4 is 86.5 Å². The van der Waals surface area contributed by atoms with Crippen LogP contribution in [0.1, 0.15) is 44.5 Å². The van der Waals surface area contributed by atoms with Crippen molar-refractivity contribution in [3.05, 3.63) is 111 Å². The second-order valence-corrected chi connectivity index (χ2v) is 15.5. The van der Waals surface area contributed by atoms with Crippen molar-refractivity contribution in [2.24, 2.45) is 0 Å². The highest BCUT2D eigenvalue weighted by Crippen LogP contribution is 2.46. The summed E-state index contributed by atoms with van der Waals surface area (Å²) in [4.78, 5) is 9.88. The molecule has 0 N–H and O–H groups in total. The maximum atomic E-state index is 3.76. The highest BCUT2D eigenvalue weighted by molar-refractivity contribution is 9.11. The molecule has 0 amide bonds. The number of nitrogens with zero attached hydrogens (tertiary/aromatic N) is 4. The molecule has 0 saturated carbocycles. The van der Waals surface area contributed by atoms with Crippen LogP contribution in [0.3, 0.4) is 0 Å². The Hall–Kier alpha value is -2.00. The van der Waals surface area contributed by atoms with Gasteiger partial charge < -0.3 is 19.6 Å². The van der Waals surface area contributed by atoms with Crippen molar-refractivity contribution in [1.82, 2.24) is 0 Å². The van der Waals surface area contributed by atoms with Gasteiger partial charge in [-0.15, -0.1) is 0 Å². The number of hydrogen-bond acceptors (Lipinski definition) is 4. The molecule has 4 bridgehead atoms. The summed E-state index contributed by atoms with van der Waals surface area (Å²) in [5.74, 6) is 0. The zero-order valence-corrected chi connectivity index (χ0v) is 30.5. The molecule has 4 aromatic carbocycles. The molecule has 0 fully saturated rings. The molecular weight excluding hydrogens is 784 g/mol. The fourth-order valence-corrected chi connectivity index (χ4v) is 10.6. The van der Waals surface area contributed by atoms with Crippen LogP contribution in [-0.4, -0.2) is 13.3 Å². The molecule has 4 aromatic rings. The van der Waals surface area contributed by atoms with Crippen LogP contribution in [0.25, 0.3) is 0 Å². The van der Waals surface area contributed by atoms with Gasteiger partial charge in [0.25, 0.3) is 0 Å². The lowest BCUT2D eigenvalue weighted by Crippen LogP contribution is -2.46. The van der Waals surface area contributed by atoms with E-state index in [1.54, 1.807) is 0 Å². The van der Waals surface area contributed by atoms with Crippen molar-refractivity contribution in [2.75, 3.05) is 32.9 Å². The first-order chi connectivity index (χ1) is 20.0. The Morgan fingerprint density at radius 2 is 0.595 bits per heavy atom. The average Bonchev–Trinajstić information content (AvgIpc) is 2.86. The number of aryl methyl sites for hydroxylation is 4. The summed E-state index contributed by atoms with van der Waals surface area (Å²) in [6.07, 6.45) is 0. The summed E-state index contributed by atoms with van der Waals surface area (Å²) in [7, 11) is 0. The number of halogens is 4. The number of anilines is 4. The lowest BCUT2D eigenvalue weighted by molar-refractivity contribution is 0.647. The van der Waals surface area contributed by atoms with Crippen LogP contribution in [0.4, 0.5) is 22.7 Å². The quantitative estimate of drug-likeness (QED) is 0.175. The number of rotatable bonds is 0. The van der Waals surface area contributed by atoms with E-state index in [1.165, 1.54) is 85.1 Å². The molecule has 0 aromatic heterocycles. The molecule has 8 heteroatoms. The van der Waals surface area contributed by atoms with Crippen molar-refractivity contribution in [3.63, 3.8) is 0 Å². The Kier molecular flexibility index (Phi) is 7.44. The van der Waals surface area contributed by atoms with Crippen LogP contribution in [0, 0.1) is 27.7 Å². The van der Waals surface area contributed by atoms with Gasteiger partial charge in [0.2, 0.25) is 0 Å². The van der Waals surface area contributed by atoms with E-state index in [2.05, 4.69) is 160 Å². The summed E-state index contributed by atoms with van der Waals surface area (Å²) in [5, 5.41) is 0. The SMILES string of the molecule is Cc1cc(Br)c2c(c1)CN1CN2Cc2cc(C)cc(Br)c21.Cc1cc(Br)c2c(c1)CN1CN2Cc2cc(C)cc(Br)c21. The average molecular weight is 816 g/mol. The number of hydrogen-bond donors (Lipinski definition) is 0. The van der Waals surface area contributed by atoms with Gasteiger partial charge in [-0.3, -0.25) is 0 Å². The highest BCUT2D eigenvalue weighted by atomic mass is 79.9. The van der Waals surface area contributed by atoms with Crippen LogP contribution in [-0.2, 0) is 26.2 Å². The minimum absolute atomic E-state index is 0.962. The maximum absolute atomic E-state index is 3.76. The number of benzene rings is 4. The van der Waals surface area contributed by atoms with E-state index in [1.807, 2.05) is 0 Å². The van der Waals surface area contributed by atoms with Crippen molar-refractivity contribution in [3.8, 4) is 0 Å². The van der Waals surface area contributed by atoms with Crippen LogP contribution >= 0.6 is 63.7 Å². The van der Waals surface area contributed by atoms with Crippen molar-refractivity contribution < 1.29 is 0 Å². The van der Waals surface area contributed by atoms with Gasteiger partial charge in [0, 0.05) is 44.1 Å². The van der Waals surface area contributed by atoms with E-state index >= 15 is 0 Å². The van der Waals surface area contributed by atoms with E-state index in [0.29, 0.717) is 0 Å². The zero-order valence-electron chi connectivity index (χ0n) is 24.2. The molecule has 0 unspecified atom stereocenters. The fraction of sp³-hybridized carbons (Fsp3) is 0.294. The third-order valence-electron chi connectivity index (χ3n) is 8.54. The normalized spacial score (nSPS) is 15.8. The molecule has 42 heavy (non-hydrogen) atoms. The number of fused-ring (bicyclic) bond motifs is 12. The highest BCUT2D eigenvalue weighted by Gasteiger charge is 2.33. The lowest BCUT2D eigenvalue weighted by atomic mass is 9.99. The summed E-state index contributed by atoms with van der Waals surface area (Å²) in [5.41, 5.74) is 16.3. The van der Waals surface area contributed by atoms with Gasteiger partial charge in [-0.1, -0.05) is 24.3 Å². The topological polar surface area (TPSA) is 13.0 Å². The molecule has 0 radical (unpaired) electrons. The summed E-state index contributed by atoms with van der Waals surface area (Å²) in [6, 6.07) is 18.1. The summed E-state index contributed by atoms with van der Waals surface area (Å²) >= 11 is 15.0. The fourth-order valence-electron chi connectivity index (χ4n) is 7.16. The smallest absolute Gasteiger partial charge is 0.0910 e. The maximum Gasteiger partial charge on any atom is 0.0910 e. The largest absolute Gasteiger partial charge is 0.348 e. The minimum atomic E-state index is 0.962. The van der Waals surface area contributed by atoms with Crippen LogP contribution in [0.15, 0.2) is 66.4 Å². The van der Waals surface area contributed by atoms with E-state index < -0.39 is 0 Å². The molecule has 0 spiro atoms. The molecule has 4 nitrogen and oxygen atoms in total. The first kappa shape index (κ1) is 28.8. The van der Waals surface area contributed by atoms with E-state index in [9.17, 15) is 0 Å². The van der Waals surface area contributed by atoms with E-state index in [4.69, 9.17) is 0 Å². The predicted molar refractivity (Wildman–Crippen MR) is 190 cm³/mol. The zero-order chi connectivity index (χ0) is 29.4. The second-order valence-electron chi connectivity index (χ2n) is 12.1. The van der Waals surface area contributed by atoms with E-state index in [0.717, 1.165) is 39.5 Å². The van der Waals surface area contributed by atoms with Gasteiger partial charge in [-0.2, -0.15) is 0 Å². The Labute approximate surface area is 282 Å². The summed E-state index contributed by atoms with van der Waals surface area (Å²) < 4.78 is 4.86. The molecular formula is C34H32Br4N4. The van der Waals surface area contributed by atoms with Gasteiger partial charge in [0.15, 0.2) is 0 Å². The van der Waals surface area contributed by atoms with Gasteiger partial charge >= 0.3 is 0 Å². The van der Waals surface area contributed by atoms with Gasteiger partial charge in [-0.05, 0) is 160 Å². The molecule has 4 heterocycles. The Bertz CT molecular complexity index is 1510. The molecule has 216 valence electrons. The van der Waals surface area contributed by atoms with Crippen LogP contribution in [0.5, 0.6) is 0 Å².